The van der Waals surface area contributed by atoms with Crippen molar-refractivity contribution in [2.24, 2.45) is 0 Å². The van der Waals surface area contributed by atoms with Crippen LogP contribution in [0.2, 0.25) is 5.02 Å². The average molecular weight is 396 g/mol. The molecular weight excluding hydrogens is 374 g/mol. The molecule has 0 fully saturated rings. The molecule has 3 aromatic rings. The van der Waals surface area contributed by atoms with Crippen LogP contribution in [0.3, 0.4) is 0 Å². The van der Waals surface area contributed by atoms with Gasteiger partial charge in [0.15, 0.2) is 5.65 Å². The summed E-state index contributed by atoms with van der Waals surface area (Å²) in [5.41, 5.74) is 4.72. The third kappa shape index (κ3) is 4.15. The number of amides is 1. The number of rotatable bonds is 6. The molecule has 1 atom stereocenters. The zero-order valence-corrected chi connectivity index (χ0v) is 16.9. The van der Waals surface area contributed by atoms with Gasteiger partial charge in [-0.25, -0.2) is 9.50 Å². The number of halogens is 1. The molecule has 144 valence electrons. The number of hydrogen-bond donors (Lipinski definition) is 1. The Morgan fingerprint density at radius 2 is 2.11 bits per heavy atom. The average Bonchev–Trinajstić information content (AvgIpc) is 3.06. The number of carbonyl (C=O) groups is 1. The lowest BCUT2D eigenvalue weighted by Gasteiger charge is -2.16. The van der Waals surface area contributed by atoms with Crippen LogP contribution in [0.1, 0.15) is 41.4 Å². The van der Waals surface area contributed by atoms with Crippen LogP contribution < -0.4 is 5.32 Å². The van der Waals surface area contributed by atoms with Gasteiger partial charge >= 0.3 is 0 Å². The second-order valence-corrected chi connectivity index (χ2v) is 7.34. The maximum absolute atomic E-state index is 12.4. The minimum absolute atomic E-state index is 0.0144. The Labute approximate surface area is 169 Å². The minimum Gasteiger partial charge on any atom is -0.353 e. The largest absolute Gasteiger partial charge is 0.353 e. The quantitative estimate of drug-likeness (QED) is 0.691. The van der Waals surface area contributed by atoms with Gasteiger partial charge in [-0.2, -0.15) is 10.4 Å². The highest BCUT2D eigenvalue weighted by Gasteiger charge is 2.16. The molecule has 0 radical (unpaired) electrons. The monoisotopic (exact) mass is 395 g/mol. The van der Waals surface area contributed by atoms with Crippen LogP contribution in [-0.4, -0.2) is 26.5 Å². The predicted octanol–water partition coefficient (Wildman–Crippen LogP) is 3.55. The molecule has 1 amide bonds. The first-order valence-electron chi connectivity index (χ1n) is 9.17. The fraction of sp³-hybridized carbons (Fsp3) is 0.333. The van der Waals surface area contributed by atoms with Gasteiger partial charge in [-0.15, -0.1) is 0 Å². The van der Waals surface area contributed by atoms with Crippen molar-refractivity contribution in [3.8, 4) is 6.07 Å². The standard InChI is InChI=1S/C21H22ClN5O/c1-13(10-16-6-4-5-7-19(16)22)25-20(28)9-8-18-14(2)26-21-17(11-23)12-24-27(21)15(18)3/h4-7,12-13H,8-10H2,1-3H3,(H,25,28). The Kier molecular flexibility index (Phi) is 5.96. The molecule has 0 saturated carbocycles. The second-order valence-electron chi connectivity index (χ2n) is 6.93. The molecule has 0 spiro atoms. The maximum atomic E-state index is 12.4. The van der Waals surface area contributed by atoms with Gasteiger partial charge in [0, 0.05) is 28.9 Å². The highest BCUT2D eigenvalue weighted by Crippen LogP contribution is 2.19. The Morgan fingerprint density at radius 1 is 1.36 bits per heavy atom. The van der Waals surface area contributed by atoms with Crippen LogP contribution in [0.15, 0.2) is 30.5 Å². The lowest BCUT2D eigenvalue weighted by atomic mass is 10.0. The van der Waals surface area contributed by atoms with E-state index < -0.39 is 0 Å². The first-order chi connectivity index (χ1) is 13.4. The fourth-order valence-electron chi connectivity index (χ4n) is 3.38. The van der Waals surface area contributed by atoms with E-state index in [0.717, 1.165) is 22.5 Å². The smallest absolute Gasteiger partial charge is 0.220 e. The molecule has 2 heterocycles. The molecule has 1 N–H and O–H groups in total. The second kappa shape index (κ2) is 8.41. The maximum Gasteiger partial charge on any atom is 0.220 e. The van der Waals surface area contributed by atoms with E-state index in [4.69, 9.17) is 16.9 Å². The molecule has 1 aromatic carbocycles. The summed E-state index contributed by atoms with van der Waals surface area (Å²) in [5, 5.41) is 17.1. The third-order valence-electron chi connectivity index (χ3n) is 4.82. The number of nitriles is 1. The Balaban J connectivity index is 1.64. The van der Waals surface area contributed by atoms with E-state index in [2.05, 4.69) is 21.5 Å². The number of aryl methyl sites for hydroxylation is 2. The van der Waals surface area contributed by atoms with Crippen LogP contribution in [0.25, 0.3) is 5.65 Å². The van der Waals surface area contributed by atoms with E-state index in [9.17, 15) is 4.79 Å². The van der Waals surface area contributed by atoms with Gasteiger partial charge < -0.3 is 5.32 Å². The van der Waals surface area contributed by atoms with Crippen LogP contribution in [0, 0.1) is 25.2 Å². The topological polar surface area (TPSA) is 83.1 Å². The van der Waals surface area contributed by atoms with Gasteiger partial charge in [-0.1, -0.05) is 29.8 Å². The van der Waals surface area contributed by atoms with Gasteiger partial charge in [0.2, 0.25) is 5.91 Å². The lowest BCUT2D eigenvalue weighted by molar-refractivity contribution is -0.121. The van der Waals surface area contributed by atoms with Crippen molar-refractivity contribution in [1.82, 2.24) is 19.9 Å². The third-order valence-corrected chi connectivity index (χ3v) is 5.19. The van der Waals surface area contributed by atoms with Crippen LogP contribution in [0.4, 0.5) is 0 Å². The summed E-state index contributed by atoms with van der Waals surface area (Å²) in [6.45, 7) is 5.80. The highest BCUT2D eigenvalue weighted by atomic mass is 35.5. The molecule has 7 heteroatoms. The molecule has 0 aliphatic heterocycles. The number of carbonyl (C=O) groups excluding carboxylic acids is 1. The highest BCUT2D eigenvalue weighted by molar-refractivity contribution is 6.31. The number of fused-ring (bicyclic) bond motifs is 1. The van der Waals surface area contributed by atoms with E-state index in [-0.39, 0.29) is 11.9 Å². The number of nitrogens with zero attached hydrogens (tertiary/aromatic N) is 4. The van der Waals surface area contributed by atoms with Crippen molar-refractivity contribution in [3.63, 3.8) is 0 Å². The van der Waals surface area contributed by atoms with Crippen LogP contribution in [0.5, 0.6) is 0 Å². The van der Waals surface area contributed by atoms with E-state index in [1.807, 2.05) is 45.0 Å². The summed E-state index contributed by atoms with van der Waals surface area (Å²) in [6, 6.07) is 9.75. The van der Waals surface area contributed by atoms with Gasteiger partial charge in [0.25, 0.3) is 0 Å². The molecular formula is C21H22ClN5O. The summed E-state index contributed by atoms with van der Waals surface area (Å²) >= 11 is 6.19. The molecule has 6 nitrogen and oxygen atoms in total. The van der Waals surface area contributed by atoms with Crippen molar-refractivity contribution < 1.29 is 4.79 Å². The van der Waals surface area contributed by atoms with Crippen molar-refractivity contribution in [1.29, 1.82) is 5.26 Å². The van der Waals surface area contributed by atoms with E-state index in [1.54, 1.807) is 4.52 Å². The first kappa shape index (κ1) is 19.8. The molecule has 0 aliphatic carbocycles. The summed E-state index contributed by atoms with van der Waals surface area (Å²) in [4.78, 5) is 16.9. The van der Waals surface area contributed by atoms with Crippen molar-refractivity contribution in [3.05, 3.63) is 63.6 Å². The van der Waals surface area contributed by atoms with Gasteiger partial charge in [-0.05, 0) is 50.8 Å². The molecule has 0 saturated heterocycles. The number of nitrogens with one attached hydrogen (secondary N) is 1. The zero-order valence-electron chi connectivity index (χ0n) is 16.2. The SMILES string of the molecule is Cc1nc2c(C#N)cnn2c(C)c1CCC(=O)NC(C)Cc1ccccc1Cl. The Hall–Kier alpha value is -2.91. The van der Waals surface area contributed by atoms with E-state index in [0.29, 0.717) is 35.5 Å². The molecule has 28 heavy (non-hydrogen) atoms. The molecule has 3 rings (SSSR count). The Bertz CT molecular complexity index is 1070. The van der Waals surface area contributed by atoms with E-state index >= 15 is 0 Å². The summed E-state index contributed by atoms with van der Waals surface area (Å²) < 4.78 is 1.67. The van der Waals surface area contributed by atoms with Crippen LogP contribution >= 0.6 is 11.6 Å². The summed E-state index contributed by atoms with van der Waals surface area (Å²) in [7, 11) is 0. The number of benzene rings is 1. The zero-order chi connectivity index (χ0) is 20.3. The summed E-state index contributed by atoms with van der Waals surface area (Å²) in [6.07, 6.45) is 3.12. The minimum atomic E-state index is -0.0170. The molecule has 1 unspecified atom stereocenters. The molecule has 0 bridgehead atoms. The Morgan fingerprint density at radius 3 is 2.82 bits per heavy atom. The van der Waals surface area contributed by atoms with Crippen molar-refractivity contribution >= 4 is 23.2 Å². The summed E-state index contributed by atoms with van der Waals surface area (Å²) in [5.74, 6) is -0.0170. The lowest BCUT2D eigenvalue weighted by Crippen LogP contribution is -2.34. The van der Waals surface area contributed by atoms with Gasteiger partial charge in [0.05, 0.1) is 6.20 Å². The van der Waals surface area contributed by atoms with E-state index in [1.165, 1.54) is 6.20 Å². The fourth-order valence-corrected chi connectivity index (χ4v) is 3.59. The number of aromatic nitrogens is 3. The van der Waals surface area contributed by atoms with Gasteiger partial charge in [-0.3, -0.25) is 4.79 Å². The van der Waals surface area contributed by atoms with Crippen molar-refractivity contribution in [2.45, 2.75) is 46.1 Å². The van der Waals surface area contributed by atoms with Crippen molar-refractivity contribution in [2.75, 3.05) is 0 Å². The molecule has 2 aromatic heterocycles. The molecule has 0 aliphatic rings. The normalized spacial score (nSPS) is 12.0. The number of hydrogen-bond acceptors (Lipinski definition) is 4. The van der Waals surface area contributed by atoms with Crippen LogP contribution in [-0.2, 0) is 17.6 Å². The van der Waals surface area contributed by atoms with Gasteiger partial charge in [0.1, 0.15) is 11.6 Å². The first-order valence-corrected chi connectivity index (χ1v) is 9.55. The predicted molar refractivity (Wildman–Crippen MR) is 108 cm³/mol.